The van der Waals surface area contributed by atoms with Crippen LogP contribution in [0.4, 0.5) is 11.4 Å². The Morgan fingerprint density at radius 3 is 2.07 bits per heavy atom. The zero-order chi connectivity index (χ0) is 19.7. The van der Waals surface area contributed by atoms with Crippen LogP contribution in [0.2, 0.25) is 0 Å². The van der Waals surface area contributed by atoms with Crippen molar-refractivity contribution in [3.8, 4) is 0 Å². The molecule has 0 spiro atoms. The maximum Gasteiger partial charge on any atom is 0.339 e. The number of hydrogen-bond donors (Lipinski definition) is 0. The third kappa shape index (κ3) is 2.62. The van der Waals surface area contributed by atoms with Crippen LogP contribution in [0.25, 0.3) is 0 Å². The maximum absolute atomic E-state index is 13.1. The molecule has 0 unspecified atom stereocenters. The Kier molecular flexibility index (Phi) is 4.31. The SMILES string of the molecule is COC(=O)[C@@]1(c2ccccc2)[C@H](c2ccccc2)N1c1ccc([N+](=O)[O-])cc1. The molecule has 0 aliphatic carbocycles. The molecule has 0 radical (unpaired) electrons. The molecule has 0 saturated carbocycles. The molecule has 0 aromatic heterocycles. The summed E-state index contributed by atoms with van der Waals surface area (Å²) in [5.74, 6) is -0.370. The molecule has 1 aliphatic rings. The third-order valence-electron chi connectivity index (χ3n) is 5.13. The van der Waals surface area contributed by atoms with Crippen LogP contribution < -0.4 is 4.90 Å². The number of ether oxygens (including phenoxy) is 1. The smallest absolute Gasteiger partial charge is 0.339 e. The summed E-state index contributed by atoms with van der Waals surface area (Å²) in [6.45, 7) is 0. The maximum atomic E-state index is 13.1. The Morgan fingerprint density at radius 1 is 0.964 bits per heavy atom. The van der Waals surface area contributed by atoms with Crippen LogP contribution in [0.1, 0.15) is 17.2 Å². The van der Waals surface area contributed by atoms with Crippen molar-refractivity contribution in [2.75, 3.05) is 12.0 Å². The van der Waals surface area contributed by atoms with E-state index in [1.807, 2.05) is 65.6 Å². The minimum absolute atomic E-state index is 0.00485. The van der Waals surface area contributed by atoms with E-state index in [4.69, 9.17) is 4.74 Å². The lowest BCUT2D eigenvalue weighted by Gasteiger charge is -2.16. The Hall–Kier alpha value is -3.67. The van der Waals surface area contributed by atoms with E-state index in [9.17, 15) is 14.9 Å². The summed E-state index contributed by atoms with van der Waals surface area (Å²) in [6.07, 6.45) is 0. The number of non-ortho nitro benzene ring substituents is 1. The second-order valence-corrected chi connectivity index (χ2v) is 6.58. The molecule has 6 heteroatoms. The third-order valence-corrected chi connectivity index (χ3v) is 5.13. The number of anilines is 1. The van der Waals surface area contributed by atoms with Gasteiger partial charge in [-0.05, 0) is 23.3 Å². The number of methoxy groups -OCH3 is 1. The number of carbonyl (C=O) groups is 1. The molecule has 0 amide bonds. The second-order valence-electron chi connectivity index (χ2n) is 6.58. The van der Waals surface area contributed by atoms with Crippen molar-refractivity contribution < 1.29 is 14.5 Å². The second kappa shape index (κ2) is 6.81. The van der Waals surface area contributed by atoms with E-state index in [0.717, 1.165) is 11.1 Å². The monoisotopic (exact) mass is 374 g/mol. The van der Waals surface area contributed by atoms with Crippen LogP contribution in [0.5, 0.6) is 0 Å². The lowest BCUT2D eigenvalue weighted by Crippen LogP contribution is -2.29. The van der Waals surface area contributed by atoms with Crippen molar-refractivity contribution in [3.63, 3.8) is 0 Å². The quantitative estimate of drug-likeness (QED) is 0.289. The predicted molar refractivity (Wildman–Crippen MR) is 105 cm³/mol. The van der Waals surface area contributed by atoms with Crippen LogP contribution in [0.15, 0.2) is 84.9 Å². The number of carbonyl (C=O) groups excluding carboxylic acids is 1. The molecule has 0 bridgehead atoms. The largest absolute Gasteiger partial charge is 0.467 e. The van der Waals surface area contributed by atoms with E-state index in [1.54, 1.807) is 12.1 Å². The van der Waals surface area contributed by atoms with Gasteiger partial charge < -0.3 is 9.64 Å². The summed E-state index contributed by atoms with van der Waals surface area (Å²) in [4.78, 5) is 25.6. The highest BCUT2D eigenvalue weighted by Gasteiger charge is 2.70. The summed E-state index contributed by atoms with van der Waals surface area (Å²) in [7, 11) is 1.38. The van der Waals surface area contributed by atoms with Crippen LogP contribution in [-0.2, 0) is 15.1 Å². The minimum Gasteiger partial charge on any atom is -0.467 e. The summed E-state index contributed by atoms with van der Waals surface area (Å²) in [6, 6.07) is 25.1. The van der Waals surface area contributed by atoms with Crippen molar-refractivity contribution in [3.05, 3.63) is 106 Å². The molecule has 1 fully saturated rings. The molecule has 0 N–H and O–H groups in total. The van der Waals surface area contributed by atoms with Crippen molar-refractivity contribution in [2.24, 2.45) is 0 Å². The molecule has 140 valence electrons. The first kappa shape index (κ1) is 17.7. The highest BCUT2D eigenvalue weighted by atomic mass is 16.6. The van der Waals surface area contributed by atoms with Crippen molar-refractivity contribution in [1.29, 1.82) is 0 Å². The fraction of sp³-hybridized carbons (Fsp3) is 0.136. The van der Waals surface area contributed by atoms with Gasteiger partial charge in [0.25, 0.3) is 5.69 Å². The zero-order valence-electron chi connectivity index (χ0n) is 15.2. The molecule has 1 aliphatic heterocycles. The first-order chi connectivity index (χ1) is 13.6. The topological polar surface area (TPSA) is 72.5 Å². The highest BCUT2D eigenvalue weighted by Crippen LogP contribution is 2.62. The normalized spacial score (nSPS) is 20.5. The standard InChI is InChI=1S/C22H18N2O4/c1-28-21(25)22(17-10-6-3-7-11-17)20(16-8-4-2-5-9-16)23(22)18-12-14-19(15-13-18)24(26)27/h2-15,20H,1H3/t20-,22+,23?/m0/s1. The molecule has 1 heterocycles. The molecule has 4 rings (SSSR count). The Bertz CT molecular complexity index is 1010. The number of nitrogens with zero attached hydrogens (tertiary/aromatic N) is 2. The number of benzene rings is 3. The molecule has 28 heavy (non-hydrogen) atoms. The van der Waals surface area contributed by atoms with E-state index < -0.39 is 10.5 Å². The average Bonchev–Trinajstić information content (AvgIpc) is 3.45. The number of nitro groups is 1. The number of rotatable bonds is 5. The average molecular weight is 374 g/mol. The van der Waals surface area contributed by atoms with Gasteiger partial charge in [0.1, 0.15) is 0 Å². The fourth-order valence-electron chi connectivity index (χ4n) is 3.88. The fourth-order valence-corrected chi connectivity index (χ4v) is 3.88. The van der Waals surface area contributed by atoms with Crippen LogP contribution in [-0.4, -0.2) is 18.0 Å². The van der Waals surface area contributed by atoms with Gasteiger partial charge in [0, 0.05) is 17.8 Å². The summed E-state index contributed by atoms with van der Waals surface area (Å²) in [5.41, 5.74) is 1.48. The van der Waals surface area contributed by atoms with Gasteiger partial charge >= 0.3 is 5.97 Å². The number of esters is 1. The number of hydrogen-bond acceptors (Lipinski definition) is 5. The van der Waals surface area contributed by atoms with Crippen molar-refractivity contribution in [1.82, 2.24) is 0 Å². The first-order valence-electron chi connectivity index (χ1n) is 8.83. The lowest BCUT2D eigenvalue weighted by atomic mass is 9.91. The summed E-state index contributed by atoms with van der Waals surface area (Å²) in [5, 5.41) is 11.0. The van der Waals surface area contributed by atoms with Crippen molar-refractivity contribution in [2.45, 2.75) is 11.6 Å². The highest BCUT2D eigenvalue weighted by molar-refractivity contribution is 5.96. The van der Waals surface area contributed by atoms with E-state index in [-0.39, 0.29) is 17.7 Å². The van der Waals surface area contributed by atoms with E-state index >= 15 is 0 Å². The summed E-state index contributed by atoms with van der Waals surface area (Å²) < 4.78 is 5.21. The van der Waals surface area contributed by atoms with Crippen LogP contribution >= 0.6 is 0 Å². The van der Waals surface area contributed by atoms with Gasteiger partial charge in [-0.1, -0.05) is 60.7 Å². The Morgan fingerprint density at radius 2 is 1.54 bits per heavy atom. The number of nitro benzene ring substituents is 1. The van der Waals surface area contributed by atoms with Gasteiger partial charge in [-0.2, -0.15) is 0 Å². The predicted octanol–water partition coefficient (Wildman–Crippen LogP) is 4.22. The molecular formula is C22H18N2O4. The van der Waals surface area contributed by atoms with Crippen LogP contribution in [0.3, 0.4) is 0 Å². The molecule has 2 atom stereocenters. The van der Waals surface area contributed by atoms with Gasteiger partial charge in [0.05, 0.1) is 18.1 Å². The molecule has 6 nitrogen and oxygen atoms in total. The Balaban J connectivity index is 1.88. The van der Waals surface area contributed by atoms with E-state index in [1.165, 1.54) is 19.2 Å². The lowest BCUT2D eigenvalue weighted by molar-refractivity contribution is -0.384. The summed E-state index contributed by atoms with van der Waals surface area (Å²) >= 11 is 0. The molecular weight excluding hydrogens is 356 g/mol. The van der Waals surface area contributed by atoms with Gasteiger partial charge in [0.2, 0.25) is 0 Å². The van der Waals surface area contributed by atoms with E-state index in [2.05, 4.69) is 0 Å². The Labute approximate surface area is 162 Å². The van der Waals surface area contributed by atoms with Crippen LogP contribution in [0, 0.1) is 10.1 Å². The van der Waals surface area contributed by atoms with Crippen molar-refractivity contribution >= 4 is 17.3 Å². The molecule has 3 aromatic carbocycles. The van der Waals surface area contributed by atoms with Gasteiger partial charge in [-0.15, -0.1) is 0 Å². The first-order valence-corrected chi connectivity index (χ1v) is 8.83. The minimum atomic E-state index is -1.02. The van der Waals surface area contributed by atoms with Gasteiger partial charge in [-0.25, -0.2) is 4.79 Å². The molecule has 1 saturated heterocycles. The zero-order valence-corrected chi connectivity index (χ0v) is 15.2. The van der Waals surface area contributed by atoms with E-state index in [0.29, 0.717) is 5.69 Å². The molecule has 3 aromatic rings. The van der Waals surface area contributed by atoms with Gasteiger partial charge in [0.15, 0.2) is 5.54 Å². The van der Waals surface area contributed by atoms with Gasteiger partial charge in [-0.3, -0.25) is 10.1 Å².